The summed E-state index contributed by atoms with van der Waals surface area (Å²) >= 11 is 1.56. The zero-order chi connectivity index (χ0) is 14.8. The molecular weight excluding hydrogens is 285 g/mol. The highest BCUT2D eigenvalue weighted by atomic mass is 32.1. The number of nitrogens with one attached hydrogen (secondary N) is 1. The van der Waals surface area contributed by atoms with Gasteiger partial charge in [-0.1, -0.05) is 35.6 Å². The topological polar surface area (TPSA) is 37.3 Å². The number of hydrogen-bond donors (Lipinski definition) is 1. The van der Waals surface area contributed by atoms with Crippen molar-refractivity contribution in [3.05, 3.63) is 59.4 Å². The largest absolute Gasteiger partial charge is 0.252 e. The van der Waals surface area contributed by atoms with E-state index in [4.69, 9.17) is 0 Å². The lowest BCUT2D eigenvalue weighted by Gasteiger charge is -2.00. The summed E-state index contributed by atoms with van der Waals surface area (Å²) < 4.78 is 14.0. The van der Waals surface area contributed by atoms with Crippen molar-refractivity contribution >= 4 is 32.4 Å². The van der Waals surface area contributed by atoms with E-state index in [1.807, 2.05) is 32.0 Å². The Morgan fingerprint density at radius 3 is 2.67 bits per heavy atom. The van der Waals surface area contributed by atoms with Gasteiger partial charge in [0.2, 0.25) is 5.13 Å². The minimum absolute atomic E-state index is 0.249. The summed E-state index contributed by atoms with van der Waals surface area (Å²) in [7, 11) is 0. The smallest absolute Gasteiger partial charge is 0.204 e. The van der Waals surface area contributed by atoms with Crippen LogP contribution in [0.5, 0.6) is 0 Å². The third-order valence-electron chi connectivity index (χ3n) is 3.20. The summed E-state index contributed by atoms with van der Waals surface area (Å²) in [6, 6.07) is 12.4. The van der Waals surface area contributed by atoms with Crippen LogP contribution in [0, 0.1) is 12.7 Å². The van der Waals surface area contributed by atoms with Crippen LogP contribution in [0.1, 0.15) is 18.1 Å². The third kappa shape index (κ3) is 2.92. The van der Waals surface area contributed by atoms with E-state index in [-0.39, 0.29) is 5.82 Å². The minimum Gasteiger partial charge on any atom is -0.252 e. The molecule has 0 bridgehead atoms. The van der Waals surface area contributed by atoms with Crippen LogP contribution < -0.4 is 5.43 Å². The maximum absolute atomic E-state index is 12.9. The van der Waals surface area contributed by atoms with Crippen molar-refractivity contribution in [3.63, 3.8) is 0 Å². The van der Waals surface area contributed by atoms with Gasteiger partial charge in [0.25, 0.3) is 0 Å². The van der Waals surface area contributed by atoms with Gasteiger partial charge in [0, 0.05) is 0 Å². The van der Waals surface area contributed by atoms with Gasteiger partial charge in [-0.2, -0.15) is 5.10 Å². The lowest BCUT2D eigenvalue weighted by atomic mass is 10.1. The van der Waals surface area contributed by atoms with Crippen LogP contribution in [0.2, 0.25) is 0 Å². The summed E-state index contributed by atoms with van der Waals surface area (Å²) in [6.07, 6.45) is 0. The maximum Gasteiger partial charge on any atom is 0.204 e. The molecule has 0 radical (unpaired) electrons. The van der Waals surface area contributed by atoms with Gasteiger partial charge in [0.1, 0.15) is 5.82 Å². The van der Waals surface area contributed by atoms with Crippen molar-refractivity contribution in [1.82, 2.24) is 4.98 Å². The van der Waals surface area contributed by atoms with Gasteiger partial charge in [0.05, 0.1) is 15.9 Å². The van der Waals surface area contributed by atoms with Crippen LogP contribution in [0.4, 0.5) is 9.52 Å². The molecular formula is C16H14FN3S. The Morgan fingerprint density at radius 2 is 1.95 bits per heavy atom. The number of halogens is 1. The normalized spacial score (nSPS) is 11.9. The van der Waals surface area contributed by atoms with Crippen LogP contribution in [-0.2, 0) is 0 Å². The van der Waals surface area contributed by atoms with Crippen molar-refractivity contribution in [3.8, 4) is 0 Å². The number of para-hydroxylation sites is 1. The monoisotopic (exact) mass is 299 g/mol. The molecule has 1 heterocycles. The molecule has 0 aliphatic heterocycles. The van der Waals surface area contributed by atoms with Gasteiger partial charge < -0.3 is 0 Å². The molecule has 3 aromatic rings. The van der Waals surface area contributed by atoms with Crippen LogP contribution in [0.25, 0.3) is 10.2 Å². The molecule has 0 unspecified atom stereocenters. The molecule has 3 rings (SSSR count). The number of fused-ring (bicyclic) bond motifs is 1. The van der Waals surface area contributed by atoms with Gasteiger partial charge in [-0.25, -0.2) is 9.37 Å². The van der Waals surface area contributed by atoms with Gasteiger partial charge in [-0.15, -0.1) is 0 Å². The van der Waals surface area contributed by atoms with Crippen LogP contribution in [0.15, 0.2) is 47.6 Å². The number of hydrogen-bond acceptors (Lipinski definition) is 4. The second kappa shape index (κ2) is 5.61. The Bertz CT molecular complexity index is 806. The Labute approximate surface area is 126 Å². The quantitative estimate of drug-likeness (QED) is 0.568. The summed E-state index contributed by atoms with van der Waals surface area (Å²) in [5.74, 6) is -0.249. The Hall–Kier alpha value is -2.27. The number of nitrogens with zero attached hydrogens (tertiary/aromatic N) is 2. The van der Waals surface area contributed by atoms with E-state index in [1.54, 1.807) is 23.5 Å². The van der Waals surface area contributed by atoms with Crippen molar-refractivity contribution < 1.29 is 4.39 Å². The molecule has 0 amide bonds. The second-order valence-corrected chi connectivity index (χ2v) is 5.79. The Balaban J connectivity index is 1.83. The highest BCUT2D eigenvalue weighted by Crippen LogP contribution is 2.27. The fourth-order valence-corrected chi connectivity index (χ4v) is 2.91. The lowest BCUT2D eigenvalue weighted by Crippen LogP contribution is -1.99. The zero-order valence-corrected chi connectivity index (χ0v) is 12.5. The molecule has 0 saturated carbocycles. The van der Waals surface area contributed by atoms with Crippen LogP contribution in [-0.4, -0.2) is 10.7 Å². The fraction of sp³-hybridized carbons (Fsp3) is 0.125. The average Bonchev–Trinajstić information content (AvgIpc) is 2.90. The fourth-order valence-electron chi connectivity index (χ4n) is 2.02. The first-order valence-electron chi connectivity index (χ1n) is 6.56. The number of benzene rings is 2. The molecule has 2 aromatic carbocycles. The summed E-state index contributed by atoms with van der Waals surface area (Å²) in [4.78, 5) is 4.53. The number of aromatic nitrogens is 1. The predicted octanol–water partition coefficient (Wildman–Crippen LogP) is 4.58. The van der Waals surface area contributed by atoms with E-state index in [0.29, 0.717) is 0 Å². The number of thiazole rings is 1. The highest BCUT2D eigenvalue weighted by molar-refractivity contribution is 7.22. The van der Waals surface area contributed by atoms with Gasteiger partial charge in [-0.3, -0.25) is 5.43 Å². The molecule has 0 fully saturated rings. The molecule has 0 spiro atoms. The second-order valence-electron chi connectivity index (χ2n) is 4.76. The molecule has 0 aliphatic rings. The van der Waals surface area contributed by atoms with Crippen LogP contribution >= 0.6 is 11.3 Å². The molecule has 1 aromatic heterocycles. The molecule has 5 heteroatoms. The minimum atomic E-state index is -0.249. The van der Waals surface area contributed by atoms with Crippen molar-refractivity contribution in [2.75, 3.05) is 5.43 Å². The van der Waals surface area contributed by atoms with Crippen LogP contribution in [0.3, 0.4) is 0 Å². The first-order chi connectivity index (χ1) is 10.1. The van der Waals surface area contributed by atoms with E-state index < -0.39 is 0 Å². The Morgan fingerprint density at radius 1 is 1.19 bits per heavy atom. The zero-order valence-electron chi connectivity index (χ0n) is 11.7. The summed E-state index contributed by atoms with van der Waals surface area (Å²) in [6.45, 7) is 3.91. The van der Waals surface area contributed by atoms with E-state index in [2.05, 4.69) is 15.5 Å². The molecule has 1 N–H and O–H groups in total. The number of hydrazone groups is 1. The molecule has 0 atom stereocenters. The van der Waals surface area contributed by atoms with Gasteiger partial charge in [-0.05, 0) is 43.2 Å². The van der Waals surface area contributed by atoms with E-state index >= 15 is 0 Å². The molecule has 0 saturated heterocycles. The van der Waals surface area contributed by atoms with E-state index in [9.17, 15) is 4.39 Å². The number of aryl methyl sites for hydroxylation is 1. The summed E-state index contributed by atoms with van der Waals surface area (Å²) in [5.41, 5.74) is 6.78. The number of rotatable bonds is 3. The highest BCUT2D eigenvalue weighted by Gasteiger charge is 2.05. The molecule has 106 valence electrons. The first kappa shape index (κ1) is 13.7. The SMILES string of the molecule is C/C(=N/Nc1nc2c(C)cccc2s1)c1ccc(F)cc1. The van der Waals surface area contributed by atoms with Gasteiger partial charge in [0.15, 0.2) is 0 Å². The molecule has 0 aliphatic carbocycles. The van der Waals surface area contributed by atoms with E-state index in [1.165, 1.54) is 12.1 Å². The molecule has 21 heavy (non-hydrogen) atoms. The Kier molecular flexibility index (Phi) is 3.66. The first-order valence-corrected chi connectivity index (χ1v) is 7.37. The average molecular weight is 299 g/mol. The molecule has 3 nitrogen and oxygen atoms in total. The lowest BCUT2D eigenvalue weighted by molar-refractivity contribution is 0.628. The van der Waals surface area contributed by atoms with E-state index in [0.717, 1.165) is 32.2 Å². The van der Waals surface area contributed by atoms with Crippen molar-refractivity contribution in [2.45, 2.75) is 13.8 Å². The maximum atomic E-state index is 12.9. The third-order valence-corrected chi connectivity index (χ3v) is 4.13. The van der Waals surface area contributed by atoms with Gasteiger partial charge >= 0.3 is 0 Å². The standard InChI is InChI=1S/C16H14FN3S/c1-10-4-3-5-14-15(10)18-16(21-14)20-19-11(2)12-6-8-13(17)9-7-12/h3-9H,1-2H3,(H,18,20)/b19-11-. The van der Waals surface area contributed by atoms with Crippen molar-refractivity contribution in [1.29, 1.82) is 0 Å². The van der Waals surface area contributed by atoms with Crippen molar-refractivity contribution in [2.24, 2.45) is 5.10 Å². The number of anilines is 1. The predicted molar refractivity (Wildman–Crippen MR) is 86.6 cm³/mol. The summed E-state index contributed by atoms with van der Waals surface area (Å²) in [5, 5.41) is 5.06.